The van der Waals surface area contributed by atoms with Gasteiger partial charge < -0.3 is 30.5 Å². The van der Waals surface area contributed by atoms with E-state index in [0.29, 0.717) is 12.2 Å². The molecule has 0 aromatic heterocycles. The maximum Gasteiger partial charge on any atom is 0.273 e. The molecule has 13 heteroatoms. The Labute approximate surface area is 239 Å². The fourth-order valence-electron chi connectivity index (χ4n) is 4.26. The molecule has 6 N–H and O–H groups in total. The normalized spacial score (nSPS) is 19.4. The Bertz CT molecular complexity index is 1010. The lowest BCUT2D eigenvalue weighted by Gasteiger charge is -2.33. The van der Waals surface area contributed by atoms with Gasteiger partial charge in [-0.15, -0.1) is 0 Å². The number of hydrogen-bond acceptors (Lipinski definition) is 9. The van der Waals surface area contributed by atoms with E-state index in [-0.39, 0.29) is 42.6 Å². The first kappa shape index (κ1) is 33.3. The van der Waals surface area contributed by atoms with Gasteiger partial charge in [-0.3, -0.25) is 24.4 Å². The summed E-state index contributed by atoms with van der Waals surface area (Å²) in [6, 6.07) is 6.26. The standard InChI is InChI=1S/C27H42N4O8S/c1-15(2)13-18(22(32)29-21(25(35)28-6)27(3,4)5)20(24(34)31-37)39-12-11-38-17-9-7-16(8-10-17)14-19-23(33)30-26(36)40-19/h7-10,15,18-21,26,36-37H,11-14H2,1-6H3,(H,28,35)(H,29,32)(H,30,33)(H,31,34)/t18?,19?,20-,21+,26?/m0/s1. The predicted molar refractivity (Wildman–Crippen MR) is 149 cm³/mol. The maximum absolute atomic E-state index is 13.4. The number of nitrogens with one attached hydrogen (secondary N) is 4. The van der Waals surface area contributed by atoms with Crippen LogP contribution in [-0.4, -0.2) is 77.2 Å². The molecular weight excluding hydrogens is 540 g/mol. The number of ether oxygens (including phenoxy) is 2. The highest BCUT2D eigenvalue weighted by Crippen LogP contribution is 2.26. The van der Waals surface area contributed by atoms with Crippen molar-refractivity contribution in [1.29, 1.82) is 0 Å². The molecule has 0 bridgehead atoms. The van der Waals surface area contributed by atoms with Crippen LogP contribution in [0.4, 0.5) is 0 Å². The van der Waals surface area contributed by atoms with Crippen LogP contribution in [0.25, 0.3) is 0 Å². The topological polar surface area (TPSA) is 175 Å². The quantitative estimate of drug-likeness (QED) is 0.106. The first-order valence-electron chi connectivity index (χ1n) is 13.2. The minimum atomic E-state index is -1.32. The van der Waals surface area contributed by atoms with E-state index in [1.165, 1.54) is 7.05 Å². The van der Waals surface area contributed by atoms with Gasteiger partial charge in [0.05, 0.1) is 17.8 Å². The molecule has 1 aromatic rings. The van der Waals surface area contributed by atoms with Crippen LogP contribution in [-0.2, 0) is 30.3 Å². The summed E-state index contributed by atoms with van der Waals surface area (Å²) in [4.78, 5) is 50.2. The number of carbonyl (C=O) groups is 4. The van der Waals surface area contributed by atoms with Crippen LogP contribution < -0.4 is 26.2 Å². The number of aliphatic hydroxyl groups excluding tert-OH is 1. The first-order valence-corrected chi connectivity index (χ1v) is 14.1. The van der Waals surface area contributed by atoms with Gasteiger partial charge in [0.1, 0.15) is 24.5 Å². The second kappa shape index (κ2) is 15.2. The lowest BCUT2D eigenvalue weighted by atomic mass is 9.84. The molecule has 0 spiro atoms. The lowest BCUT2D eigenvalue weighted by molar-refractivity contribution is -0.152. The molecule has 12 nitrogen and oxygen atoms in total. The van der Waals surface area contributed by atoms with Crippen molar-refractivity contribution in [3.05, 3.63) is 29.8 Å². The Hall–Kier alpha value is -2.87. The van der Waals surface area contributed by atoms with Crippen molar-refractivity contribution < 1.29 is 39.0 Å². The molecule has 1 heterocycles. The van der Waals surface area contributed by atoms with E-state index in [0.717, 1.165) is 17.3 Å². The van der Waals surface area contributed by atoms with Gasteiger partial charge in [0, 0.05) is 7.05 Å². The Morgan fingerprint density at radius 2 is 1.73 bits per heavy atom. The van der Waals surface area contributed by atoms with E-state index in [9.17, 15) is 29.5 Å². The van der Waals surface area contributed by atoms with Crippen molar-refractivity contribution in [1.82, 2.24) is 21.4 Å². The molecule has 3 unspecified atom stereocenters. The molecule has 1 aromatic carbocycles. The lowest BCUT2D eigenvalue weighted by Crippen LogP contribution is -2.56. The summed E-state index contributed by atoms with van der Waals surface area (Å²) in [5, 5.41) is 26.3. The Kier molecular flexibility index (Phi) is 12.7. The van der Waals surface area contributed by atoms with E-state index in [2.05, 4.69) is 16.0 Å². The van der Waals surface area contributed by atoms with Crippen LogP contribution in [0, 0.1) is 17.3 Å². The number of carbonyl (C=O) groups excluding carboxylic acids is 4. The van der Waals surface area contributed by atoms with Crippen LogP contribution in [0.3, 0.4) is 0 Å². The minimum Gasteiger partial charge on any atom is -0.491 e. The second-order valence-corrected chi connectivity index (χ2v) is 12.4. The highest BCUT2D eigenvalue weighted by Gasteiger charge is 2.39. The number of thioether (sulfide) groups is 1. The summed E-state index contributed by atoms with van der Waals surface area (Å²) in [5.74, 6) is -2.42. The maximum atomic E-state index is 13.4. The van der Waals surface area contributed by atoms with E-state index < -0.39 is 40.9 Å². The zero-order valence-electron chi connectivity index (χ0n) is 23.9. The van der Waals surface area contributed by atoms with Crippen LogP contribution in [0.1, 0.15) is 46.6 Å². The monoisotopic (exact) mass is 582 g/mol. The summed E-state index contributed by atoms with van der Waals surface area (Å²) in [6.07, 6.45) is -0.593. The van der Waals surface area contributed by atoms with E-state index >= 15 is 0 Å². The van der Waals surface area contributed by atoms with Gasteiger partial charge >= 0.3 is 0 Å². The van der Waals surface area contributed by atoms with Crippen molar-refractivity contribution in [2.45, 2.75) is 70.4 Å². The van der Waals surface area contributed by atoms with Gasteiger partial charge in [0.15, 0.2) is 5.56 Å². The molecular formula is C27H42N4O8S. The summed E-state index contributed by atoms with van der Waals surface area (Å²) in [6.45, 7) is 9.23. The largest absolute Gasteiger partial charge is 0.491 e. The number of rotatable bonds is 14. The van der Waals surface area contributed by atoms with Crippen molar-refractivity contribution >= 4 is 35.4 Å². The fraction of sp³-hybridized carbons (Fsp3) is 0.630. The fourth-order valence-corrected chi connectivity index (χ4v) is 5.24. The average molecular weight is 583 g/mol. The first-order chi connectivity index (χ1) is 18.8. The molecule has 0 radical (unpaired) electrons. The number of aliphatic hydroxyl groups is 1. The van der Waals surface area contributed by atoms with Crippen LogP contribution in [0.5, 0.6) is 5.75 Å². The molecule has 0 saturated carbocycles. The number of benzene rings is 1. The van der Waals surface area contributed by atoms with Crippen molar-refractivity contribution in [3.63, 3.8) is 0 Å². The van der Waals surface area contributed by atoms with Crippen molar-refractivity contribution in [2.24, 2.45) is 17.3 Å². The smallest absolute Gasteiger partial charge is 0.273 e. The molecule has 0 aliphatic carbocycles. The van der Waals surface area contributed by atoms with Gasteiger partial charge in [-0.25, -0.2) is 5.48 Å². The molecule has 1 saturated heterocycles. The SMILES string of the molecule is CNC(=O)[C@@H](NC(=O)C(CC(C)C)[C@H](OCCOc1ccc(CC2SC(O)NC2=O)cc1)C(=O)NO)C(C)(C)C. The van der Waals surface area contributed by atoms with Gasteiger partial charge in [-0.05, 0) is 41.9 Å². The highest BCUT2D eigenvalue weighted by molar-refractivity contribution is 8.01. The molecule has 1 aliphatic heterocycles. The van der Waals surface area contributed by atoms with Gasteiger partial charge in [-0.1, -0.05) is 58.5 Å². The Morgan fingerprint density at radius 3 is 2.23 bits per heavy atom. The summed E-state index contributed by atoms with van der Waals surface area (Å²) < 4.78 is 11.5. The highest BCUT2D eigenvalue weighted by atomic mass is 32.2. The van der Waals surface area contributed by atoms with Gasteiger partial charge in [-0.2, -0.15) is 0 Å². The van der Waals surface area contributed by atoms with Crippen molar-refractivity contribution in [3.8, 4) is 5.75 Å². The predicted octanol–water partition coefficient (Wildman–Crippen LogP) is 0.945. The number of hydrogen-bond donors (Lipinski definition) is 6. The summed E-state index contributed by atoms with van der Waals surface area (Å²) in [7, 11) is 1.48. The molecule has 1 aliphatic rings. The molecule has 2 rings (SSSR count). The number of hydroxylamine groups is 1. The third kappa shape index (κ3) is 9.95. The summed E-state index contributed by atoms with van der Waals surface area (Å²) >= 11 is 1.16. The third-order valence-corrected chi connectivity index (χ3v) is 7.39. The van der Waals surface area contributed by atoms with Crippen molar-refractivity contribution in [2.75, 3.05) is 20.3 Å². The zero-order valence-corrected chi connectivity index (χ0v) is 24.7. The molecule has 4 amide bonds. The summed E-state index contributed by atoms with van der Waals surface area (Å²) in [5.41, 5.74) is 0.996. The van der Waals surface area contributed by atoms with E-state index in [1.807, 2.05) is 46.8 Å². The van der Waals surface area contributed by atoms with E-state index in [1.54, 1.807) is 17.6 Å². The number of likely N-dealkylation sites (N-methyl/N-ethyl adjacent to an activating group) is 1. The Morgan fingerprint density at radius 1 is 1.07 bits per heavy atom. The Balaban J connectivity index is 2.02. The zero-order chi connectivity index (χ0) is 30.0. The molecule has 224 valence electrons. The van der Waals surface area contributed by atoms with E-state index in [4.69, 9.17) is 9.47 Å². The average Bonchev–Trinajstić information content (AvgIpc) is 3.21. The van der Waals surface area contributed by atoms with Crippen LogP contribution >= 0.6 is 11.8 Å². The van der Waals surface area contributed by atoms with Crippen LogP contribution in [0.2, 0.25) is 0 Å². The third-order valence-electron chi connectivity index (χ3n) is 6.30. The molecule has 40 heavy (non-hydrogen) atoms. The number of amides is 4. The van der Waals surface area contributed by atoms with Gasteiger partial charge in [0.2, 0.25) is 17.7 Å². The van der Waals surface area contributed by atoms with Gasteiger partial charge in [0.25, 0.3) is 5.91 Å². The molecule has 1 fully saturated rings. The van der Waals surface area contributed by atoms with Crippen LogP contribution in [0.15, 0.2) is 24.3 Å². The minimum absolute atomic E-state index is 0.00756. The second-order valence-electron chi connectivity index (χ2n) is 11.1. The molecule has 5 atom stereocenters.